The first-order valence-corrected chi connectivity index (χ1v) is 6.18. The molecule has 2 atom stereocenters. The summed E-state index contributed by atoms with van der Waals surface area (Å²) >= 11 is 0. The minimum absolute atomic E-state index is 0.536. The summed E-state index contributed by atoms with van der Waals surface area (Å²) in [5.74, 6) is 0. The molecular formula is C12H22O2. The Hall–Kier alpha value is -0.0800. The van der Waals surface area contributed by atoms with Gasteiger partial charge in [-0.2, -0.15) is 0 Å². The highest BCUT2D eigenvalue weighted by atomic mass is 16.5. The van der Waals surface area contributed by atoms with E-state index in [1.807, 2.05) is 0 Å². The summed E-state index contributed by atoms with van der Waals surface area (Å²) in [6.07, 6.45) is 11.3. The number of ether oxygens (including phenoxy) is 2. The quantitative estimate of drug-likeness (QED) is 0.694. The summed E-state index contributed by atoms with van der Waals surface area (Å²) in [7, 11) is 0. The smallest absolute Gasteiger partial charge is 0.0576 e. The maximum atomic E-state index is 5.71. The summed E-state index contributed by atoms with van der Waals surface area (Å²) in [6.45, 7) is 1.96. The Kier molecular flexibility index (Phi) is 4.26. The van der Waals surface area contributed by atoms with Crippen LogP contribution in [0.25, 0.3) is 0 Å². The van der Waals surface area contributed by atoms with E-state index in [1.165, 1.54) is 51.4 Å². The molecular weight excluding hydrogens is 176 g/mol. The van der Waals surface area contributed by atoms with E-state index in [0.29, 0.717) is 12.2 Å². The van der Waals surface area contributed by atoms with Crippen LogP contribution in [0.4, 0.5) is 0 Å². The molecule has 0 spiro atoms. The molecule has 0 radical (unpaired) electrons. The second kappa shape index (κ2) is 5.72. The molecule has 0 amide bonds. The first kappa shape index (κ1) is 10.4. The van der Waals surface area contributed by atoms with Crippen LogP contribution in [0.1, 0.15) is 51.4 Å². The highest BCUT2D eigenvalue weighted by molar-refractivity contribution is 4.69. The zero-order valence-corrected chi connectivity index (χ0v) is 9.04. The van der Waals surface area contributed by atoms with Crippen LogP contribution in [0, 0.1) is 0 Å². The van der Waals surface area contributed by atoms with Crippen LogP contribution < -0.4 is 0 Å². The molecule has 2 rings (SSSR count). The Balaban J connectivity index is 1.60. The molecule has 2 heterocycles. The molecule has 0 aromatic heterocycles. The predicted molar refractivity (Wildman–Crippen MR) is 56.4 cm³/mol. The minimum atomic E-state index is 0.536. The average molecular weight is 198 g/mol. The maximum absolute atomic E-state index is 5.71. The van der Waals surface area contributed by atoms with Gasteiger partial charge in [-0.25, -0.2) is 0 Å². The van der Waals surface area contributed by atoms with Crippen molar-refractivity contribution in [2.75, 3.05) is 13.2 Å². The molecule has 2 aliphatic rings. The van der Waals surface area contributed by atoms with Crippen molar-refractivity contribution in [3.63, 3.8) is 0 Å². The van der Waals surface area contributed by atoms with Gasteiger partial charge in [-0.05, 0) is 51.4 Å². The van der Waals surface area contributed by atoms with Gasteiger partial charge in [0.1, 0.15) is 0 Å². The molecule has 0 aliphatic carbocycles. The molecule has 2 heteroatoms. The van der Waals surface area contributed by atoms with Crippen molar-refractivity contribution in [2.24, 2.45) is 0 Å². The fourth-order valence-corrected chi connectivity index (χ4v) is 2.44. The molecule has 0 aromatic rings. The Morgan fingerprint density at radius 3 is 1.57 bits per heavy atom. The van der Waals surface area contributed by atoms with E-state index < -0.39 is 0 Å². The fraction of sp³-hybridized carbons (Fsp3) is 1.00. The largest absolute Gasteiger partial charge is 0.378 e. The molecule has 2 fully saturated rings. The minimum Gasteiger partial charge on any atom is -0.378 e. The van der Waals surface area contributed by atoms with Crippen molar-refractivity contribution in [1.82, 2.24) is 0 Å². The Labute approximate surface area is 87.0 Å². The van der Waals surface area contributed by atoms with Crippen LogP contribution in [0.3, 0.4) is 0 Å². The van der Waals surface area contributed by atoms with Gasteiger partial charge >= 0.3 is 0 Å². The van der Waals surface area contributed by atoms with Gasteiger partial charge in [-0.3, -0.25) is 0 Å². The molecule has 2 nitrogen and oxygen atoms in total. The third kappa shape index (κ3) is 3.25. The predicted octanol–water partition coefficient (Wildman–Crippen LogP) is 2.90. The molecule has 0 saturated carbocycles. The van der Waals surface area contributed by atoms with Crippen LogP contribution in [0.2, 0.25) is 0 Å². The number of hydrogen-bond donors (Lipinski definition) is 0. The maximum Gasteiger partial charge on any atom is 0.0576 e. The van der Waals surface area contributed by atoms with Crippen molar-refractivity contribution in [3.8, 4) is 0 Å². The van der Waals surface area contributed by atoms with Gasteiger partial charge in [0.15, 0.2) is 0 Å². The zero-order chi connectivity index (χ0) is 9.64. The van der Waals surface area contributed by atoms with Crippen LogP contribution in [0.15, 0.2) is 0 Å². The molecule has 2 saturated heterocycles. The van der Waals surface area contributed by atoms with Crippen molar-refractivity contribution >= 4 is 0 Å². The van der Waals surface area contributed by atoms with Gasteiger partial charge in [-0.1, -0.05) is 0 Å². The second-order valence-electron chi connectivity index (χ2n) is 4.55. The lowest BCUT2D eigenvalue weighted by Crippen LogP contribution is -2.24. The fourth-order valence-electron chi connectivity index (χ4n) is 2.44. The first-order valence-electron chi connectivity index (χ1n) is 6.18. The summed E-state index contributed by atoms with van der Waals surface area (Å²) in [5.41, 5.74) is 0. The standard InChI is InChI=1S/C12H22O2/c1-3-9-13-11(5-1)7-8-12-6-2-4-10-14-12/h11-12H,1-10H2/t11-,12-/m0/s1. The van der Waals surface area contributed by atoms with Gasteiger partial charge in [-0.15, -0.1) is 0 Å². The van der Waals surface area contributed by atoms with Gasteiger partial charge < -0.3 is 9.47 Å². The third-order valence-corrected chi connectivity index (χ3v) is 3.36. The van der Waals surface area contributed by atoms with Crippen LogP contribution in [0.5, 0.6) is 0 Å². The van der Waals surface area contributed by atoms with Crippen molar-refractivity contribution in [2.45, 2.75) is 63.6 Å². The Bertz CT molecular complexity index is 128. The van der Waals surface area contributed by atoms with E-state index in [1.54, 1.807) is 0 Å². The third-order valence-electron chi connectivity index (χ3n) is 3.36. The summed E-state index contributed by atoms with van der Waals surface area (Å²) < 4.78 is 11.4. The van der Waals surface area contributed by atoms with Crippen LogP contribution >= 0.6 is 0 Å². The molecule has 82 valence electrons. The zero-order valence-electron chi connectivity index (χ0n) is 9.04. The lowest BCUT2D eigenvalue weighted by molar-refractivity contribution is -0.0222. The molecule has 2 aliphatic heterocycles. The first-order chi connectivity index (χ1) is 6.95. The summed E-state index contributed by atoms with van der Waals surface area (Å²) in [6, 6.07) is 0. The van der Waals surface area contributed by atoms with E-state index in [4.69, 9.17) is 9.47 Å². The molecule has 0 aromatic carbocycles. The van der Waals surface area contributed by atoms with Crippen molar-refractivity contribution < 1.29 is 9.47 Å². The Morgan fingerprint density at radius 2 is 1.21 bits per heavy atom. The lowest BCUT2D eigenvalue weighted by atomic mass is 9.99. The number of hydrogen-bond acceptors (Lipinski definition) is 2. The Morgan fingerprint density at radius 1 is 0.714 bits per heavy atom. The highest BCUT2D eigenvalue weighted by Crippen LogP contribution is 2.22. The van der Waals surface area contributed by atoms with E-state index in [2.05, 4.69) is 0 Å². The van der Waals surface area contributed by atoms with Gasteiger partial charge in [0.05, 0.1) is 12.2 Å². The number of rotatable bonds is 3. The van der Waals surface area contributed by atoms with Crippen LogP contribution in [-0.2, 0) is 9.47 Å². The van der Waals surface area contributed by atoms with Gasteiger partial charge in [0.25, 0.3) is 0 Å². The normalized spacial score (nSPS) is 34.3. The van der Waals surface area contributed by atoms with E-state index in [-0.39, 0.29) is 0 Å². The molecule has 0 unspecified atom stereocenters. The summed E-state index contributed by atoms with van der Waals surface area (Å²) in [4.78, 5) is 0. The lowest BCUT2D eigenvalue weighted by Gasteiger charge is -2.26. The molecule has 0 bridgehead atoms. The highest BCUT2D eigenvalue weighted by Gasteiger charge is 2.18. The van der Waals surface area contributed by atoms with E-state index in [9.17, 15) is 0 Å². The van der Waals surface area contributed by atoms with Crippen molar-refractivity contribution in [1.29, 1.82) is 0 Å². The molecule has 0 N–H and O–H groups in total. The van der Waals surface area contributed by atoms with Gasteiger partial charge in [0.2, 0.25) is 0 Å². The van der Waals surface area contributed by atoms with Gasteiger partial charge in [0, 0.05) is 13.2 Å². The SMILES string of the molecule is C1CC[C@@H](CC[C@@H]2CCCCO2)OC1. The van der Waals surface area contributed by atoms with Crippen molar-refractivity contribution in [3.05, 3.63) is 0 Å². The average Bonchev–Trinajstić information content (AvgIpc) is 2.29. The topological polar surface area (TPSA) is 18.5 Å². The van der Waals surface area contributed by atoms with E-state index in [0.717, 1.165) is 13.2 Å². The van der Waals surface area contributed by atoms with E-state index >= 15 is 0 Å². The molecule has 14 heavy (non-hydrogen) atoms. The second-order valence-corrected chi connectivity index (χ2v) is 4.55. The summed E-state index contributed by atoms with van der Waals surface area (Å²) in [5, 5.41) is 0. The monoisotopic (exact) mass is 198 g/mol. The van der Waals surface area contributed by atoms with Crippen LogP contribution in [-0.4, -0.2) is 25.4 Å².